The Hall–Kier alpha value is 0. The Morgan fingerprint density at radius 3 is 0.824 bits per heavy atom. The second-order valence-corrected chi connectivity index (χ2v) is 11.6. The Bertz CT molecular complexity index is 333. The van der Waals surface area contributed by atoms with Gasteiger partial charge in [0, 0.05) is 0 Å². The van der Waals surface area contributed by atoms with Crippen LogP contribution in [0.3, 0.4) is 0 Å². The van der Waals surface area contributed by atoms with Gasteiger partial charge in [-0.25, -0.2) is 0 Å². The molecule has 1 radical (unpaired) electrons. The van der Waals surface area contributed by atoms with Gasteiger partial charge in [-0.15, -0.1) is 0 Å². The van der Waals surface area contributed by atoms with E-state index in [-0.39, 0.29) is 0 Å². The van der Waals surface area contributed by atoms with Crippen LogP contribution in [0.4, 0.5) is 0 Å². The Labute approximate surface area is 219 Å². The van der Waals surface area contributed by atoms with Crippen molar-refractivity contribution in [1.82, 2.24) is 0 Å². The van der Waals surface area contributed by atoms with Gasteiger partial charge in [-0.3, -0.25) is 0 Å². The molecule has 0 aromatic rings. The fraction of sp³-hybridized carbons (Fsp3) is 0.971. The first-order chi connectivity index (χ1) is 16.8. The molecule has 0 bridgehead atoms. The molecule has 205 valence electrons. The number of unbranched alkanes of at least 4 members (excludes halogenated alkanes) is 24. The van der Waals surface area contributed by atoms with E-state index in [2.05, 4.69) is 20.8 Å². The zero-order valence-electron chi connectivity index (χ0n) is 24.5. The third kappa shape index (κ3) is 28.2. The minimum absolute atomic E-state index is 0.998. The number of rotatable bonds is 30. The van der Waals surface area contributed by atoms with Crippen molar-refractivity contribution in [1.29, 1.82) is 0 Å². The summed E-state index contributed by atoms with van der Waals surface area (Å²) in [4.78, 5) is 0. The maximum absolute atomic E-state index is 4.09. The predicted molar refractivity (Wildman–Crippen MR) is 159 cm³/mol. The fourth-order valence-electron chi connectivity index (χ4n) is 5.59. The second kappa shape index (κ2) is 31.0. The lowest BCUT2D eigenvalue weighted by Gasteiger charge is -2.16. The first kappa shape index (κ1) is 34.0. The summed E-state index contributed by atoms with van der Waals surface area (Å²) < 4.78 is 0. The zero-order chi connectivity index (χ0) is 24.8. The molecule has 0 aromatic carbocycles. The highest BCUT2D eigenvalue weighted by atomic mass is 14.1. The van der Waals surface area contributed by atoms with Crippen molar-refractivity contribution in [2.24, 2.45) is 5.92 Å². The maximum atomic E-state index is 4.09. The first-order valence-corrected chi connectivity index (χ1v) is 16.6. The fourth-order valence-corrected chi connectivity index (χ4v) is 5.59. The summed E-state index contributed by atoms with van der Waals surface area (Å²) in [6.45, 7) is 8.71. The molecular formula is C34H69. The minimum atomic E-state index is 0.998. The van der Waals surface area contributed by atoms with Crippen LogP contribution in [0.25, 0.3) is 0 Å². The van der Waals surface area contributed by atoms with E-state index in [0.29, 0.717) is 0 Å². The Kier molecular flexibility index (Phi) is 31.0. The molecule has 0 saturated carbocycles. The molecule has 1 unspecified atom stereocenters. The lowest BCUT2D eigenvalue weighted by Crippen LogP contribution is -2.01. The highest BCUT2D eigenvalue weighted by molar-refractivity contribution is 4.62. The average molecular weight is 478 g/mol. The minimum Gasteiger partial charge on any atom is -0.0654 e. The van der Waals surface area contributed by atoms with Crippen molar-refractivity contribution in [2.45, 2.75) is 206 Å². The van der Waals surface area contributed by atoms with Crippen molar-refractivity contribution in [3.63, 3.8) is 0 Å². The third-order valence-electron chi connectivity index (χ3n) is 8.04. The van der Waals surface area contributed by atoms with Crippen LogP contribution in [-0.2, 0) is 0 Å². The second-order valence-electron chi connectivity index (χ2n) is 11.6. The molecule has 0 saturated heterocycles. The van der Waals surface area contributed by atoms with Crippen LogP contribution in [0, 0.1) is 12.8 Å². The van der Waals surface area contributed by atoms with Crippen molar-refractivity contribution >= 4 is 0 Å². The average Bonchev–Trinajstić information content (AvgIpc) is 2.85. The van der Waals surface area contributed by atoms with Gasteiger partial charge >= 0.3 is 0 Å². The van der Waals surface area contributed by atoms with Gasteiger partial charge in [0.25, 0.3) is 0 Å². The molecule has 0 spiro atoms. The monoisotopic (exact) mass is 478 g/mol. The molecule has 0 aliphatic carbocycles. The van der Waals surface area contributed by atoms with E-state index >= 15 is 0 Å². The Morgan fingerprint density at radius 2 is 0.559 bits per heavy atom. The van der Waals surface area contributed by atoms with E-state index in [1.807, 2.05) is 0 Å². The van der Waals surface area contributed by atoms with Crippen molar-refractivity contribution in [3.8, 4) is 0 Å². The van der Waals surface area contributed by atoms with Crippen LogP contribution in [0.1, 0.15) is 206 Å². The van der Waals surface area contributed by atoms with Gasteiger partial charge in [0.2, 0.25) is 0 Å². The quantitative estimate of drug-likeness (QED) is 0.0902. The van der Waals surface area contributed by atoms with E-state index in [1.165, 1.54) is 186 Å². The Morgan fingerprint density at radius 1 is 0.324 bits per heavy atom. The van der Waals surface area contributed by atoms with E-state index in [4.69, 9.17) is 0 Å². The molecule has 0 aromatic heterocycles. The SMILES string of the molecule is [CH2]CCCC(CCCCCCCCCCCCC)CCCCCCCCCCCCCCCC. The van der Waals surface area contributed by atoms with Crippen LogP contribution in [0.2, 0.25) is 0 Å². The topological polar surface area (TPSA) is 0 Å². The molecule has 0 aliphatic heterocycles. The highest BCUT2D eigenvalue weighted by Crippen LogP contribution is 2.24. The van der Waals surface area contributed by atoms with Crippen LogP contribution >= 0.6 is 0 Å². The molecule has 0 amide bonds. The molecule has 0 N–H and O–H groups in total. The summed E-state index contributed by atoms with van der Waals surface area (Å²) in [5.74, 6) is 0.998. The standard InChI is InChI=1S/C34H69/c1-4-7-10-12-14-16-18-19-20-22-24-26-28-30-33-34(31-9-6-3)32-29-27-25-23-21-17-15-13-11-8-5-2/h34H,3-33H2,1-2H3. The molecule has 0 nitrogen and oxygen atoms in total. The lowest BCUT2D eigenvalue weighted by molar-refractivity contribution is 0.372. The molecule has 34 heavy (non-hydrogen) atoms. The van der Waals surface area contributed by atoms with Crippen LogP contribution in [0.5, 0.6) is 0 Å². The van der Waals surface area contributed by atoms with Crippen LogP contribution in [-0.4, -0.2) is 0 Å². The molecule has 0 aliphatic rings. The summed E-state index contributed by atoms with van der Waals surface area (Å²) in [6, 6.07) is 0. The summed E-state index contributed by atoms with van der Waals surface area (Å²) in [5.41, 5.74) is 0. The van der Waals surface area contributed by atoms with Crippen LogP contribution < -0.4 is 0 Å². The van der Waals surface area contributed by atoms with Gasteiger partial charge < -0.3 is 0 Å². The zero-order valence-corrected chi connectivity index (χ0v) is 24.5. The number of hydrogen-bond donors (Lipinski definition) is 0. The van der Waals surface area contributed by atoms with E-state index in [1.54, 1.807) is 0 Å². The first-order valence-electron chi connectivity index (χ1n) is 16.6. The largest absolute Gasteiger partial charge is 0.0654 e. The van der Waals surface area contributed by atoms with Gasteiger partial charge in [-0.1, -0.05) is 213 Å². The summed E-state index contributed by atoms with van der Waals surface area (Å²) in [5, 5.41) is 0. The molecule has 0 fully saturated rings. The number of hydrogen-bond acceptors (Lipinski definition) is 0. The van der Waals surface area contributed by atoms with Crippen molar-refractivity contribution in [3.05, 3.63) is 6.92 Å². The lowest BCUT2D eigenvalue weighted by atomic mass is 9.90. The summed E-state index contributed by atoms with van der Waals surface area (Å²) in [7, 11) is 0. The third-order valence-corrected chi connectivity index (χ3v) is 8.04. The summed E-state index contributed by atoms with van der Waals surface area (Å²) >= 11 is 0. The van der Waals surface area contributed by atoms with Gasteiger partial charge in [0.15, 0.2) is 0 Å². The van der Waals surface area contributed by atoms with E-state index in [0.717, 1.165) is 12.3 Å². The molecule has 0 rings (SSSR count). The smallest absolute Gasteiger partial charge is 0.0414 e. The normalized spacial score (nSPS) is 12.4. The van der Waals surface area contributed by atoms with Crippen molar-refractivity contribution in [2.75, 3.05) is 0 Å². The molecule has 0 heterocycles. The van der Waals surface area contributed by atoms with Gasteiger partial charge in [-0.05, 0) is 5.92 Å². The van der Waals surface area contributed by atoms with Gasteiger partial charge in [0.1, 0.15) is 0 Å². The molecular weight excluding hydrogens is 408 g/mol. The Balaban J connectivity index is 3.48. The van der Waals surface area contributed by atoms with Crippen LogP contribution in [0.15, 0.2) is 0 Å². The summed E-state index contributed by atoms with van der Waals surface area (Å²) in [6.07, 6.45) is 43.6. The maximum Gasteiger partial charge on any atom is -0.0414 e. The predicted octanol–water partition coefficient (Wildman–Crippen LogP) is 13.2. The van der Waals surface area contributed by atoms with E-state index in [9.17, 15) is 0 Å². The highest BCUT2D eigenvalue weighted by Gasteiger charge is 2.08. The molecule has 0 heteroatoms. The van der Waals surface area contributed by atoms with Crippen molar-refractivity contribution < 1.29 is 0 Å². The van der Waals surface area contributed by atoms with Gasteiger partial charge in [-0.2, -0.15) is 0 Å². The molecule has 1 atom stereocenters. The van der Waals surface area contributed by atoms with E-state index < -0.39 is 0 Å². The van der Waals surface area contributed by atoms with Gasteiger partial charge in [0.05, 0.1) is 0 Å².